The van der Waals surface area contributed by atoms with Gasteiger partial charge in [-0.05, 0) is 87.0 Å². The number of nitriles is 1. The predicted octanol–water partition coefficient (Wildman–Crippen LogP) is 5.73. The average molecular weight is 762 g/mol. The van der Waals surface area contributed by atoms with Crippen LogP contribution < -0.4 is 23.7 Å². The highest BCUT2D eigenvalue weighted by atomic mass is 35.5. The van der Waals surface area contributed by atoms with Crippen LogP contribution in [0.3, 0.4) is 0 Å². The second kappa shape index (κ2) is 18.3. The first kappa shape index (κ1) is 39.3. The van der Waals surface area contributed by atoms with Crippen LogP contribution in [0.25, 0.3) is 11.1 Å². The molecular formula is C39H44ClN5O7S. The number of ether oxygens (including phenoxy) is 4. The lowest BCUT2D eigenvalue weighted by molar-refractivity contribution is -0.117. The number of carbonyl (C=O) groups excluding carboxylic acids is 1. The molecule has 1 aromatic heterocycles. The van der Waals surface area contributed by atoms with E-state index in [0.29, 0.717) is 59.5 Å². The Labute approximate surface area is 316 Å². The summed E-state index contributed by atoms with van der Waals surface area (Å²) in [5.74, 6) is 1.43. The summed E-state index contributed by atoms with van der Waals surface area (Å²) in [6.07, 6.45) is 3.88. The van der Waals surface area contributed by atoms with Gasteiger partial charge in [-0.1, -0.05) is 35.9 Å². The van der Waals surface area contributed by atoms with Gasteiger partial charge in [-0.15, -0.1) is 0 Å². The normalized spacial score (nSPS) is 12.4. The van der Waals surface area contributed by atoms with Crippen molar-refractivity contribution in [2.75, 3.05) is 52.7 Å². The van der Waals surface area contributed by atoms with Crippen LogP contribution in [0.1, 0.15) is 41.2 Å². The van der Waals surface area contributed by atoms with Crippen LogP contribution in [-0.4, -0.2) is 81.8 Å². The summed E-state index contributed by atoms with van der Waals surface area (Å²) < 4.78 is 51.3. The van der Waals surface area contributed by atoms with Crippen molar-refractivity contribution < 1.29 is 32.2 Å². The minimum Gasteiger partial charge on any atom is -0.488 e. The Morgan fingerprint density at radius 1 is 0.962 bits per heavy atom. The third-order valence-corrected chi connectivity index (χ3v) is 10.2. The number of nitrogens with zero attached hydrogens (tertiary/aromatic N) is 4. The zero-order valence-corrected chi connectivity index (χ0v) is 31.9. The van der Waals surface area contributed by atoms with Crippen molar-refractivity contribution in [2.45, 2.75) is 40.0 Å². The molecule has 14 heteroatoms. The molecule has 5 rings (SSSR count). The maximum absolute atomic E-state index is 12.6. The van der Waals surface area contributed by atoms with Gasteiger partial charge in [-0.25, -0.2) is 8.42 Å². The number of carbonyl (C=O) groups is 1. The van der Waals surface area contributed by atoms with E-state index in [9.17, 15) is 18.5 Å². The number of nitrogens with one attached hydrogen (secondary N) is 1. The first-order valence-corrected chi connectivity index (χ1v) is 19.2. The van der Waals surface area contributed by atoms with E-state index in [2.05, 4.69) is 22.0 Å². The van der Waals surface area contributed by atoms with Crippen LogP contribution in [0.5, 0.6) is 23.0 Å². The number of benzene rings is 3. The number of hydrogen-bond donors (Lipinski definition) is 1. The Morgan fingerprint density at radius 3 is 2.49 bits per heavy atom. The molecule has 0 radical (unpaired) electrons. The minimum absolute atomic E-state index is 0.116. The molecule has 1 aliphatic rings. The zero-order valence-electron chi connectivity index (χ0n) is 30.4. The molecule has 2 heterocycles. The van der Waals surface area contributed by atoms with E-state index in [1.165, 1.54) is 13.1 Å². The van der Waals surface area contributed by atoms with Gasteiger partial charge in [0.05, 0.1) is 16.3 Å². The fourth-order valence-corrected chi connectivity index (χ4v) is 7.17. The number of rotatable bonds is 17. The number of pyridine rings is 1. The fourth-order valence-electron chi connectivity index (χ4n) is 5.89. The summed E-state index contributed by atoms with van der Waals surface area (Å²) in [5.41, 5.74) is 5.87. The molecule has 1 aliphatic heterocycles. The molecule has 0 saturated heterocycles. The predicted molar refractivity (Wildman–Crippen MR) is 203 cm³/mol. The summed E-state index contributed by atoms with van der Waals surface area (Å²) in [6.45, 7) is 6.45. The molecular weight excluding hydrogens is 718 g/mol. The Morgan fingerprint density at radius 2 is 1.74 bits per heavy atom. The van der Waals surface area contributed by atoms with Crippen molar-refractivity contribution in [2.24, 2.45) is 0 Å². The number of aromatic nitrogens is 1. The standard InChI is InChI=1S/C39H44ClN5O7S/c1-27-32(7-5-8-34(27)31-9-10-36-39(19-31)50-15-14-49-36)26-52-38-20-37(51-25-30-17-29(21-41)22-42-23-30)33(18-35(38)40)24-45(12-6-11-44(3)4)13-16-53(47,48)43-28(2)46/h5,7-10,17-20,22-23H,6,11-16,24-26H2,1-4H3,(H,43,46). The minimum atomic E-state index is -3.82. The van der Waals surface area contributed by atoms with Gasteiger partial charge in [-0.2, -0.15) is 5.26 Å². The van der Waals surface area contributed by atoms with E-state index in [1.54, 1.807) is 24.4 Å². The molecule has 0 saturated carbocycles. The number of fused-ring (bicyclic) bond motifs is 1. The van der Waals surface area contributed by atoms with Gasteiger partial charge in [0.15, 0.2) is 11.5 Å². The Balaban J connectivity index is 1.40. The van der Waals surface area contributed by atoms with E-state index in [1.807, 2.05) is 61.0 Å². The van der Waals surface area contributed by atoms with Gasteiger partial charge in [0, 0.05) is 49.6 Å². The Kier molecular flexibility index (Phi) is 13.5. The SMILES string of the molecule is CC(=O)NS(=O)(=O)CCN(CCCN(C)C)Cc1cc(Cl)c(OCc2cccc(-c3ccc4c(c3)OCCO4)c2C)cc1OCc1cncc(C#N)c1. The first-order valence-electron chi connectivity index (χ1n) is 17.2. The molecule has 1 N–H and O–H groups in total. The highest BCUT2D eigenvalue weighted by Crippen LogP contribution is 2.38. The van der Waals surface area contributed by atoms with Gasteiger partial charge in [0.2, 0.25) is 15.9 Å². The van der Waals surface area contributed by atoms with Crippen LogP contribution in [0.15, 0.2) is 67.0 Å². The fraction of sp³-hybridized carbons (Fsp3) is 0.359. The van der Waals surface area contributed by atoms with E-state index < -0.39 is 15.9 Å². The van der Waals surface area contributed by atoms with Crippen LogP contribution in [0.4, 0.5) is 0 Å². The smallest absolute Gasteiger partial charge is 0.236 e. The van der Waals surface area contributed by atoms with Crippen molar-refractivity contribution in [1.29, 1.82) is 5.26 Å². The summed E-state index contributed by atoms with van der Waals surface area (Å²) in [7, 11) is 0.125. The summed E-state index contributed by atoms with van der Waals surface area (Å²) in [5, 5.41) is 9.73. The third-order valence-electron chi connectivity index (χ3n) is 8.56. The van der Waals surface area contributed by atoms with Gasteiger partial charge in [-0.3, -0.25) is 19.4 Å². The summed E-state index contributed by atoms with van der Waals surface area (Å²) in [6, 6.07) is 19.3. The highest BCUT2D eigenvalue weighted by Gasteiger charge is 2.20. The van der Waals surface area contributed by atoms with Gasteiger partial charge in [0.1, 0.15) is 44.0 Å². The third kappa shape index (κ3) is 11.3. The first-order chi connectivity index (χ1) is 25.4. The number of amides is 1. The molecule has 0 fully saturated rings. The molecule has 1 amide bonds. The maximum atomic E-state index is 12.6. The average Bonchev–Trinajstić information content (AvgIpc) is 3.12. The summed E-state index contributed by atoms with van der Waals surface area (Å²) >= 11 is 6.87. The van der Waals surface area contributed by atoms with Crippen LogP contribution in [0.2, 0.25) is 5.02 Å². The van der Waals surface area contributed by atoms with E-state index in [0.717, 1.165) is 46.7 Å². The number of hydrogen-bond acceptors (Lipinski definition) is 11. The molecule has 0 atom stereocenters. The van der Waals surface area contributed by atoms with Crippen molar-refractivity contribution in [3.05, 3.63) is 99.8 Å². The van der Waals surface area contributed by atoms with Gasteiger partial charge < -0.3 is 23.8 Å². The molecule has 0 bridgehead atoms. The van der Waals surface area contributed by atoms with Crippen LogP contribution in [0, 0.1) is 18.3 Å². The van der Waals surface area contributed by atoms with Gasteiger partial charge >= 0.3 is 0 Å². The molecule has 0 aliphatic carbocycles. The molecule has 0 unspecified atom stereocenters. The van der Waals surface area contributed by atoms with Crippen molar-refractivity contribution >= 4 is 27.5 Å². The highest BCUT2D eigenvalue weighted by molar-refractivity contribution is 7.90. The molecule has 3 aromatic carbocycles. The second-order valence-electron chi connectivity index (χ2n) is 13.0. The second-order valence-corrected chi connectivity index (χ2v) is 15.3. The van der Waals surface area contributed by atoms with E-state index in [-0.39, 0.29) is 25.5 Å². The van der Waals surface area contributed by atoms with Crippen molar-refractivity contribution in [1.82, 2.24) is 19.5 Å². The zero-order chi connectivity index (χ0) is 38.0. The molecule has 12 nitrogen and oxygen atoms in total. The molecule has 280 valence electrons. The molecule has 53 heavy (non-hydrogen) atoms. The van der Waals surface area contributed by atoms with Crippen molar-refractivity contribution in [3.8, 4) is 40.2 Å². The monoisotopic (exact) mass is 761 g/mol. The Bertz CT molecular complexity index is 2070. The number of sulfonamides is 1. The largest absolute Gasteiger partial charge is 0.488 e. The van der Waals surface area contributed by atoms with Crippen LogP contribution >= 0.6 is 11.6 Å². The van der Waals surface area contributed by atoms with E-state index >= 15 is 0 Å². The number of halogens is 1. The van der Waals surface area contributed by atoms with Crippen LogP contribution in [-0.2, 0) is 34.6 Å². The van der Waals surface area contributed by atoms with Gasteiger partial charge in [0.25, 0.3) is 0 Å². The lowest BCUT2D eigenvalue weighted by Gasteiger charge is -2.25. The van der Waals surface area contributed by atoms with E-state index in [4.69, 9.17) is 30.5 Å². The Hall–Kier alpha value is -4.87. The molecule has 0 spiro atoms. The molecule has 4 aromatic rings. The topological polar surface area (TPSA) is 143 Å². The lowest BCUT2D eigenvalue weighted by Crippen LogP contribution is -2.37. The quantitative estimate of drug-likeness (QED) is 0.141. The lowest BCUT2D eigenvalue weighted by atomic mass is 9.96. The maximum Gasteiger partial charge on any atom is 0.236 e. The summed E-state index contributed by atoms with van der Waals surface area (Å²) in [4.78, 5) is 19.7. The van der Waals surface area contributed by atoms with Crippen molar-refractivity contribution in [3.63, 3.8) is 0 Å².